The fourth-order valence-corrected chi connectivity index (χ4v) is 4.08. The summed E-state index contributed by atoms with van der Waals surface area (Å²) < 4.78 is 10.6. The van der Waals surface area contributed by atoms with Crippen molar-refractivity contribution < 1.29 is 14.3 Å². The van der Waals surface area contributed by atoms with Gasteiger partial charge in [0.1, 0.15) is 5.03 Å². The molecule has 1 aliphatic rings. The molecule has 1 amide bonds. The van der Waals surface area contributed by atoms with Gasteiger partial charge in [-0.3, -0.25) is 4.79 Å². The molecule has 0 atom stereocenters. The predicted molar refractivity (Wildman–Crippen MR) is 113 cm³/mol. The smallest absolute Gasteiger partial charge is 0.234 e. The molecule has 0 radical (unpaired) electrons. The number of hydrogen-bond donors (Lipinski definition) is 1. The highest BCUT2D eigenvalue weighted by Crippen LogP contribution is 2.34. The number of benzene rings is 2. The average Bonchev–Trinajstić information content (AvgIpc) is 3.16. The molecule has 1 aliphatic heterocycles. The predicted octanol–water partition coefficient (Wildman–Crippen LogP) is 4.87. The normalized spacial score (nSPS) is 12.4. The van der Waals surface area contributed by atoms with Crippen molar-refractivity contribution in [3.05, 3.63) is 53.1 Å². The van der Waals surface area contributed by atoms with E-state index in [1.54, 1.807) is 12.1 Å². The molecule has 1 N–H and O–H groups in total. The molecular formula is C22H22N2O3S. The van der Waals surface area contributed by atoms with Crippen molar-refractivity contribution in [1.82, 2.24) is 4.98 Å². The quantitative estimate of drug-likeness (QED) is 0.626. The van der Waals surface area contributed by atoms with Gasteiger partial charge >= 0.3 is 0 Å². The van der Waals surface area contributed by atoms with Crippen LogP contribution in [0.2, 0.25) is 0 Å². The minimum Gasteiger partial charge on any atom is -0.454 e. The highest BCUT2D eigenvalue weighted by Gasteiger charge is 2.15. The molecule has 28 heavy (non-hydrogen) atoms. The van der Waals surface area contributed by atoms with Gasteiger partial charge in [-0.05, 0) is 55.2 Å². The molecule has 144 valence electrons. The maximum atomic E-state index is 12.4. The molecule has 4 rings (SSSR count). The summed E-state index contributed by atoms with van der Waals surface area (Å²) >= 11 is 1.47. The molecule has 0 saturated carbocycles. The number of carbonyl (C=O) groups is 1. The largest absolute Gasteiger partial charge is 0.454 e. The molecule has 0 spiro atoms. The van der Waals surface area contributed by atoms with E-state index in [1.165, 1.54) is 22.9 Å². The number of aryl methyl sites for hydroxylation is 3. The first-order valence-electron chi connectivity index (χ1n) is 9.27. The maximum Gasteiger partial charge on any atom is 0.234 e. The highest BCUT2D eigenvalue weighted by atomic mass is 32.2. The topological polar surface area (TPSA) is 60.5 Å². The van der Waals surface area contributed by atoms with Crippen LogP contribution in [-0.2, 0) is 11.2 Å². The number of nitrogens with one attached hydrogen (secondary N) is 1. The zero-order valence-electron chi connectivity index (χ0n) is 16.2. The summed E-state index contributed by atoms with van der Waals surface area (Å²) in [6, 6.07) is 11.8. The summed E-state index contributed by atoms with van der Waals surface area (Å²) in [4.78, 5) is 17.3. The van der Waals surface area contributed by atoms with E-state index in [0.717, 1.165) is 27.9 Å². The number of fused-ring (bicyclic) bond motifs is 2. The van der Waals surface area contributed by atoms with Crippen LogP contribution in [0.1, 0.15) is 23.6 Å². The number of ether oxygens (including phenoxy) is 2. The van der Waals surface area contributed by atoms with Crippen LogP contribution < -0.4 is 14.8 Å². The molecule has 0 aliphatic carbocycles. The first-order chi connectivity index (χ1) is 13.5. The number of pyridine rings is 1. The molecule has 3 aromatic rings. The molecule has 2 aromatic carbocycles. The number of carbonyl (C=O) groups excluding carboxylic acids is 1. The van der Waals surface area contributed by atoms with Crippen molar-refractivity contribution in [3.63, 3.8) is 0 Å². The number of aromatic nitrogens is 1. The Hall–Kier alpha value is -2.73. The van der Waals surface area contributed by atoms with E-state index in [0.29, 0.717) is 22.9 Å². The number of hydrogen-bond acceptors (Lipinski definition) is 5. The molecule has 0 unspecified atom stereocenters. The standard InChI is InChI=1S/C22H22N2O3S/c1-4-15-9-16-6-5-13(2)14(3)21(16)24-22(15)28-11-20(25)23-17-7-8-18-19(10-17)27-12-26-18/h5-10H,4,11-12H2,1-3H3,(H,23,25). The summed E-state index contributed by atoms with van der Waals surface area (Å²) in [7, 11) is 0. The van der Waals surface area contributed by atoms with Gasteiger partial charge < -0.3 is 14.8 Å². The van der Waals surface area contributed by atoms with Crippen LogP contribution in [-0.4, -0.2) is 23.4 Å². The van der Waals surface area contributed by atoms with Gasteiger partial charge in [0, 0.05) is 17.1 Å². The second kappa shape index (κ2) is 7.72. The number of amides is 1. The SMILES string of the molecule is CCc1cc2ccc(C)c(C)c2nc1SCC(=O)Nc1ccc2c(c1)OCO2. The third-order valence-corrected chi connectivity index (χ3v) is 5.96. The van der Waals surface area contributed by atoms with E-state index in [-0.39, 0.29) is 12.7 Å². The van der Waals surface area contributed by atoms with Gasteiger partial charge in [0.25, 0.3) is 0 Å². The summed E-state index contributed by atoms with van der Waals surface area (Å²) in [5.41, 5.74) is 5.28. The van der Waals surface area contributed by atoms with Gasteiger partial charge in [-0.1, -0.05) is 30.8 Å². The van der Waals surface area contributed by atoms with Gasteiger partial charge in [0.2, 0.25) is 12.7 Å². The Kier molecular flexibility index (Phi) is 5.13. The average molecular weight is 394 g/mol. The van der Waals surface area contributed by atoms with Crippen molar-refractivity contribution in [1.29, 1.82) is 0 Å². The number of anilines is 1. The molecular weight excluding hydrogens is 372 g/mol. The van der Waals surface area contributed by atoms with E-state index < -0.39 is 0 Å². The van der Waals surface area contributed by atoms with Crippen molar-refractivity contribution >= 4 is 34.3 Å². The van der Waals surface area contributed by atoms with Crippen molar-refractivity contribution in [2.75, 3.05) is 17.9 Å². The zero-order valence-corrected chi connectivity index (χ0v) is 17.0. The lowest BCUT2D eigenvalue weighted by molar-refractivity contribution is -0.113. The minimum absolute atomic E-state index is 0.0752. The van der Waals surface area contributed by atoms with Gasteiger partial charge in [-0.2, -0.15) is 0 Å². The van der Waals surface area contributed by atoms with E-state index >= 15 is 0 Å². The Balaban J connectivity index is 1.50. The number of nitrogens with zero attached hydrogens (tertiary/aromatic N) is 1. The fourth-order valence-electron chi connectivity index (χ4n) is 3.19. The number of thioether (sulfide) groups is 1. The lowest BCUT2D eigenvalue weighted by Gasteiger charge is -2.12. The Morgan fingerprint density at radius 3 is 2.79 bits per heavy atom. The third-order valence-electron chi connectivity index (χ3n) is 4.93. The summed E-state index contributed by atoms with van der Waals surface area (Å²) in [5, 5.41) is 4.98. The van der Waals surface area contributed by atoms with Crippen LogP contribution in [0.4, 0.5) is 5.69 Å². The number of rotatable bonds is 5. The lowest BCUT2D eigenvalue weighted by Crippen LogP contribution is -2.14. The summed E-state index contributed by atoms with van der Waals surface area (Å²) in [6.45, 7) is 6.52. The summed E-state index contributed by atoms with van der Waals surface area (Å²) in [6.07, 6.45) is 0.877. The second-order valence-electron chi connectivity index (χ2n) is 6.79. The van der Waals surface area contributed by atoms with Gasteiger partial charge in [0.15, 0.2) is 11.5 Å². The van der Waals surface area contributed by atoms with Crippen molar-refractivity contribution in [2.24, 2.45) is 0 Å². The summed E-state index contributed by atoms with van der Waals surface area (Å²) in [5.74, 6) is 1.57. The van der Waals surface area contributed by atoms with Gasteiger partial charge in [-0.25, -0.2) is 4.98 Å². The molecule has 0 fully saturated rings. The zero-order chi connectivity index (χ0) is 19.7. The molecule has 6 heteroatoms. The van der Waals surface area contributed by atoms with Crippen LogP contribution in [0.5, 0.6) is 11.5 Å². The van der Waals surface area contributed by atoms with Crippen LogP contribution >= 0.6 is 11.8 Å². The fraction of sp³-hybridized carbons (Fsp3) is 0.273. The lowest BCUT2D eigenvalue weighted by atomic mass is 10.0. The van der Waals surface area contributed by atoms with E-state index in [2.05, 4.69) is 44.3 Å². The molecule has 0 bridgehead atoms. The third kappa shape index (κ3) is 3.64. The van der Waals surface area contributed by atoms with Gasteiger partial charge in [0.05, 0.1) is 11.3 Å². The maximum absolute atomic E-state index is 12.4. The van der Waals surface area contributed by atoms with Crippen LogP contribution in [0.25, 0.3) is 10.9 Å². The molecule has 5 nitrogen and oxygen atoms in total. The van der Waals surface area contributed by atoms with E-state index in [4.69, 9.17) is 14.5 Å². The second-order valence-corrected chi connectivity index (χ2v) is 7.75. The highest BCUT2D eigenvalue weighted by molar-refractivity contribution is 8.00. The van der Waals surface area contributed by atoms with Crippen LogP contribution in [0.3, 0.4) is 0 Å². The monoisotopic (exact) mass is 394 g/mol. The van der Waals surface area contributed by atoms with Gasteiger partial charge in [-0.15, -0.1) is 0 Å². The minimum atomic E-state index is -0.0752. The molecule has 2 heterocycles. The Bertz CT molecular complexity index is 1070. The Morgan fingerprint density at radius 2 is 1.96 bits per heavy atom. The van der Waals surface area contributed by atoms with Crippen LogP contribution in [0.15, 0.2) is 41.4 Å². The van der Waals surface area contributed by atoms with Crippen LogP contribution in [0, 0.1) is 13.8 Å². The molecule has 0 saturated heterocycles. The Labute approximate surface area is 168 Å². The first kappa shape index (κ1) is 18.6. The van der Waals surface area contributed by atoms with E-state index in [9.17, 15) is 4.79 Å². The Morgan fingerprint density at radius 1 is 1.14 bits per heavy atom. The van der Waals surface area contributed by atoms with Crippen molar-refractivity contribution in [3.8, 4) is 11.5 Å². The molecule has 1 aromatic heterocycles. The van der Waals surface area contributed by atoms with E-state index in [1.807, 2.05) is 6.07 Å². The first-order valence-corrected chi connectivity index (χ1v) is 10.3. The van der Waals surface area contributed by atoms with Crippen molar-refractivity contribution in [2.45, 2.75) is 32.2 Å².